The number of aromatic nitrogens is 4. The minimum Gasteiger partial charge on any atom is -0.611 e. The Morgan fingerprint density at radius 3 is 2.59 bits per heavy atom. The van der Waals surface area contributed by atoms with E-state index < -0.39 is 17.0 Å². The Bertz CT molecular complexity index is 1360. The standard InChI is InChI=1S/C26H27FN6O3S/c1-2-29-14-16-3-8-20(21(27)13-16)25-32-33-26(36-25)23-24(28)30-15-22(31-23)17-4-6-18(7-5-17)37(34)19-9-11-35-12-10-19/h3-8,13,15,19,29H,2,9-12,14H2,1H3,(H2,28,30). The van der Waals surface area contributed by atoms with E-state index in [0.29, 0.717) is 25.5 Å². The fourth-order valence-electron chi connectivity index (χ4n) is 4.08. The summed E-state index contributed by atoms with van der Waals surface area (Å²) in [5.41, 5.74) is 8.56. The molecule has 1 atom stereocenters. The first-order valence-electron chi connectivity index (χ1n) is 12.1. The van der Waals surface area contributed by atoms with Crippen molar-refractivity contribution in [3.8, 4) is 34.3 Å². The van der Waals surface area contributed by atoms with Crippen molar-refractivity contribution in [2.45, 2.75) is 36.5 Å². The Balaban J connectivity index is 1.37. The van der Waals surface area contributed by atoms with Crippen molar-refractivity contribution in [1.82, 2.24) is 25.5 Å². The summed E-state index contributed by atoms with van der Waals surface area (Å²) in [5, 5.41) is 11.3. The molecule has 1 aliphatic heterocycles. The monoisotopic (exact) mass is 522 g/mol. The van der Waals surface area contributed by atoms with Crippen LogP contribution in [0, 0.1) is 5.82 Å². The maximum atomic E-state index is 14.7. The van der Waals surface area contributed by atoms with Crippen molar-refractivity contribution in [2.24, 2.45) is 0 Å². The lowest BCUT2D eigenvalue weighted by Crippen LogP contribution is -2.28. The van der Waals surface area contributed by atoms with E-state index in [9.17, 15) is 8.94 Å². The molecule has 4 aromatic rings. The molecule has 0 saturated carbocycles. The third-order valence-corrected chi connectivity index (χ3v) is 7.94. The highest BCUT2D eigenvalue weighted by molar-refractivity contribution is 7.92. The van der Waals surface area contributed by atoms with Crippen LogP contribution in [-0.4, -0.2) is 49.7 Å². The van der Waals surface area contributed by atoms with E-state index in [4.69, 9.17) is 14.9 Å². The summed E-state index contributed by atoms with van der Waals surface area (Å²) in [7, 11) is 0. The molecule has 3 heterocycles. The second-order valence-electron chi connectivity index (χ2n) is 8.63. The summed E-state index contributed by atoms with van der Waals surface area (Å²) in [6, 6.07) is 12.2. The van der Waals surface area contributed by atoms with Crippen molar-refractivity contribution in [3.05, 3.63) is 60.0 Å². The van der Waals surface area contributed by atoms with Gasteiger partial charge in [-0.1, -0.05) is 13.0 Å². The maximum Gasteiger partial charge on any atom is 0.270 e. The molecule has 37 heavy (non-hydrogen) atoms. The highest BCUT2D eigenvalue weighted by Crippen LogP contribution is 2.30. The Morgan fingerprint density at radius 1 is 1.11 bits per heavy atom. The van der Waals surface area contributed by atoms with Gasteiger partial charge in [0.15, 0.2) is 16.4 Å². The van der Waals surface area contributed by atoms with E-state index in [1.54, 1.807) is 18.3 Å². The molecular weight excluding hydrogens is 495 g/mol. The summed E-state index contributed by atoms with van der Waals surface area (Å²) < 4.78 is 38.7. The van der Waals surface area contributed by atoms with Crippen LogP contribution in [-0.2, 0) is 22.5 Å². The van der Waals surface area contributed by atoms with Crippen LogP contribution in [0.25, 0.3) is 34.3 Å². The highest BCUT2D eigenvalue weighted by Gasteiger charge is 2.27. The smallest absolute Gasteiger partial charge is 0.270 e. The van der Waals surface area contributed by atoms with Crippen molar-refractivity contribution >= 4 is 17.0 Å². The summed E-state index contributed by atoms with van der Waals surface area (Å²) >= 11 is -1.10. The molecular formula is C26H27FN6O3S. The van der Waals surface area contributed by atoms with Crippen LogP contribution >= 0.6 is 0 Å². The molecule has 1 fully saturated rings. The van der Waals surface area contributed by atoms with Crippen LogP contribution in [0.3, 0.4) is 0 Å². The van der Waals surface area contributed by atoms with Gasteiger partial charge < -0.3 is 24.8 Å². The van der Waals surface area contributed by atoms with E-state index in [-0.39, 0.29) is 34.1 Å². The zero-order chi connectivity index (χ0) is 25.8. The van der Waals surface area contributed by atoms with Crippen LogP contribution in [0.1, 0.15) is 25.3 Å². The Hall–Kier alpha value is -3.38. The Kier molecular flexibility index (Phi) is 7.75. The minimum absolute atomic E-state index is 0.0223. The first-order valence-corrected chi connectivity index (χ1v) is 13.3. The molecule has 3 N–H and O–H groups in total. The number of anilines is 1. The molecule has 0 amide bonds. The molecule has 2 aromatic heterocycles. The number of nitrogen functional groups attached to an aromatic ring is 1. The van der Waals surface area contributed by atoms with E-state index in [2.05, 4.69) is 25.5 Å². The molecule has 5 rings (SSSR count). The lowest BCUT2D eigenvalue weighted by atomic mass is 10.1. The molecule has 1 saturated heterocycles. The van der Waals surface area contributed by atoms with Crippen molar-refractivity contribution in [3.63, 3.8) is 0 Å². The van der Waals surface area contributed by atoms with Gasteiger partial charge in [0.05, 0.1) is 30.7 Å². The first-order chi connectivity index (χ1) is 18.0. The van der Waals surface area contributed by atoms with Gasteiger partial charge >= 0.3 is 0 Å². The number of nitrogens with two attached hydrogens (primary N) is 1. The number of hydrogen-bond donors (Lipinski definition) is 2. The first kappa shape index (κ1) is 25.3. The second-order valence-corrected chi connectivity index (χ2v) is 10.4. The number of rotatable bonds is 8. The quantitative estimate of drug-likeness (QED) is 0.329. The number of hydrogen-bond acceptors (Lipinski definition) is 9. The molecule has 192 valence electrons. The van der Waals surface area contributed by atoms with E-state index in [0.717, 1.165) is 35.4 Å². The normalized spacial score (nSPS) is 15.1. The maximum absolute atomic E-state index is 14.7. The third-order valence-electron chi connectivity index (χ3n) is 6.12. The second kappa shape index (κ2) is 11.3. The topological polar surface area (TPSA) is 135 Å². The van der Waals surface area contributed by atoms with Crippen LogP contribution in [0.5, 0.6) is 0 Å². The summed E-state index contributed by atoms with van der Waals surface area (Å²) in [6.07, 6.45) is 3.12. The van der Waals surface area contributed by atoms with Crippen LogP contribution in [0.4, 0.5) is 10.2 Å². The van der Waals surface area contributed by atoms with Crippen LogP contribution < -0.4 is 11.1 Å². The minimum atomic E-state index is -1.10. The predicted octanol–water partition coefficient (Wildman–Crippen LogP) is 3.98. The molecule has 11 heteroatoms. The van der Waals surface area contributed by atoms with Gasteiger partial charge in [-0.15, -0.1) is 10.2 Å². The van der Waals surface area contributed by atoms with E-state index >= 15 is 0 Å². The van der Waals surface area contributed by atoms with Crippen LogP contribution in [0.15, 0.2) is 58.0 Å². The third kappa shape index (κ3) is 5.64. The van der Waals surface area contributed by atoms with E-state index in [1.807, 2.05) is 31.2 Å². The summed E-state index contributed by atoms with van der Waals surface area (Å²) in [4.78, 5) is 9.57. The van der Waals surface area contributed by atoms with Gasteiger partial charge in [0.1, 0.15) is 11.1 Å². The fourth-order valence-corrected chi connectivity index (χ4v) is 5.49. The van der Waals surface area contributed by atoms with Gasteiger partial charge in [-0.25, -0.2) is 14.4 Å². The molecule has 0 radical (unpaired) electrons. The largest absolute Gasteiger partial charge is 0.611 e. The van der Waals surface area contributed by atoms with Crippen LogP contribution in [0.2, 0.25) is 0 Å². The van der Waals surface area contributed by atoms with Gasteiger partial charge in [0.25, 0.3) is 11.8 Å². The average molecular weight is 523 g/mol. The van der Waals surface area contributed by atoms with Gasteiger partial charge in [0, 0.05) is 24.9 Å². The van der Waals surface area contributed by atoms with Crippen molar-refractivity contribution in [2.75, 3.05) is 25.5 Å². The number of halogens is 1. The van der Waals surface area contributed by atoms with Crippen molar-refractivity contribution < 1.29 is 18.1 Å². The fraction of sp³-hybridized carbons (Fsp3) is 0.308. The molecule has 2 aromatic carbocycles. The Morgan fingerprint density at radius 2 is 1.86 bits per heavy atom. The number of nitrogens with one attached hydrogen (secondary N) is 1. The molecule has 1 unspecified atom stereocenters. The molecule has 1 aliphatic rings. The zero-order valence-electron chi connectivity index (χ0n) is 20.3. The number of benzene rings is 2. The number of ether oxygens (including phenoxy) is 1. The summed E-state index contributed by atoms with van der Waals surface area (Å²) in [6.45, 7) is 4.63. The molecule has 0 bridgehead atoms. The van der Waals surface area contributed by atoms with Gasteiger partial charge in [-0.3, -0.25) is 0 Å². The molecule has 0 aliphatic carbocycles. The Labute approximate surface area is 216 Å². The van der Waals surface area contributed by atoms with Gasteiger partial charge in [0.2, 0.25) is 0 Å². The molecule has 9 nitrogen and oxygen atoms in total. The lowest BCUT2D eigenvalue weighted by molar-refractivity contribution is 0.0983. The van der Waals surface area contributed by atoms with Gasteiger partial charge in [-0.05, 0) is 59.7 Å². The van der Waals surface area contributed by atoms with E-state index in [1.165, 1.54) is 6.07 Å². The average Bonchev–Trinajstić information content (AvgIpc) is 3.42. The van der Waals surface area contributed by atoms with Gasteiger partial charge in [-0.2, -0.15) is 0 Å². The van der Waals surface area contributed by atoms with Crippen molar-refractivity contribution in [1.29, 1.82) is 0 Å². The number of nitrogens with zero attached hydrogens (tertiary/aromatic N) is 4. The molecule has 0 spiro atoms. The predicted molar refractivity (Wildman–Crippen MR) is 138 cm³/mol. The SMILES string of the molecule is CCNCc1ccc(-c2nnc(-c3nc(-c4ccc([S+]([O-])C5CCOCC5)cc4)cnc3N)o2)c(F)c1. The highest BCUT2D eigenvalue weighted by atomic mass is 32.2. The lowest BCUT2D eigenvalue weighted by Gasteiger charge is -2.24. The summed E-state index contributed by atoms with van der Waals surface area (Å²) in [5.74, 6) is -0.293. The zero-order valence-corrected chi connectivity index (χ0v) is 21.1.